The molecular weight excluding hydrogens is 479 g/mol. The molecule has 4 aromatic carbocycles. The largest absolute Gasteiger partial charge is 0.478 e. The number of carbonyl (C=O) groups excluding carboxylic acids is 1. The number of amides is 1. The molecule has 0 aliphatic rings. The maximum absolute atomic E-state index is 13.8. The zero-order chi connectivity index (χ0) is 27.1. The van der Waals surface area contributed by atoms with Crippen molar-refractivity contribution in [3.63, 3.8) is 0 Å². The van der Waals surface area contributed by atoms with Crippen molar-refractivity contribution in [3.8, 4) is 0 Å². The number of halogens is 1. The average Bonchev–Trinajstić information content (AvgIpc) is 2.94. The summed E-state index contributed by atoms with van der Waals surface area (Å²) in [6, 6.07) is 30.6. The number of rotatable bonds is 10. The lowest BCUT2D eigenvalue weighted by Crippen LogP contribution is -2.33. The molecular formula is C32H31FN2O3. The molecule has 1 amide bonds. The molecule has 0 radical (unpaired) electrons. The van der Waals surface area contributed by atoms with Gasteiger partial charge in [-0.2, -0.15) is 0 Å². The number of hydrogen-bond donors (Lipinski definition) is 1. The Labute approximate surface area is 222 Å². The molecule has 6 heteroatoms. The van der Waals surface area contributed by atoms with Crippen molar-refractivity contribution in [2.45, 2.75) is 18.8 Å². The van der Waals surface area contributed by atoms with Crippen LogP contribution < -0.4 is 9.80 Å². The van der Waals surface area contributed by atoms with Gasteiger partial charge in [0.25, 0.3) is 0 Å². The van der Waals surface area contributed by atoms with E-state index >= 15 is 0 Å². The summed E-state index contributed by atoms with van der Waals surface area (Å²) in [6.45, 7) is 0.689. The van der Waals surface area contributed by atoms with Crippen molar-refractivity contribution >= 4 is 23.3 Å². The van der Waals surface area contributed by atoms with Crippen LogP contribution in [0.3, 0.4) is 0 Å². The van der Waals surface area contributed by atoms with E-state index in [0.717, 1.165) is 35.2 Å². The van der Waals surface area contributed by atoms with Gasteiger partial charge in [0.15, 0.2) is 0 Å². The van der Waals surface area contributed by atoms with E-state index in [4.69, 9.17) is 0 Å². The first-order valence-electron chi connectivity index (χ1n) is 12.6. The van der Waals surface area contributed by atoms with Crippen LogP contribution >= 0.6 is 0 Å². The molecule has 0 aliphatic carbocycles. The Morgan fingerprint density at radius 2 is 1.39 bits per heavy atom. The third-order valence-electron chi connectivity index (χ3n) is 6.73. The maximum Gasteiger partial charge on any atom is 0.337 e. The van der Waals surface area contributed by atoms with E-state index in [1.54, 1.807) is 31.3 Å². The summed E-state index contributed by atoms with van der Waals surface area (Å²) in [4.78, 5) is 29.5. The van der Waals surface area contributed by atoms with Crippen LogP contribution in [0.5, 0.6) is 0 Å². The van der Waals surface area contributed by atoms with Crippen LogP contribution in [-0.2, 0) is 11.2 Å². The van der Waals surface area contributed by atoms with Gasteiger partial charge in [0, 0.05) is 26.3 Å². The molecule has 0 spiro atoms. The molecule has 4 aromatic rings. The van der Waals surface area contributed by atoms with Gasteiger partial charge in [-0.15, -0.1) is 0 Å². The van der Waals surface area contributed by atoms with Gasteiger partial charge in [-0.3, -0.25) is 4.79 Å². The summed E-state index contributed by atoms with van der Waals surface area (Å²) in [5.41, 5.74) is 3.86. The Morgan fingerprint density at radius 1 is 0.816 bits per heavy atom. The number of aryl methyl sites for hydroxylation is 1. The highest BCUT2D eigenvalue weighted by molar-refractivity contribution is 6.05. The first kappa shape index (κ1) is 26.6. The summed E-state index contributed by atoms with van der Waals surface area (Å²) >= 11 is 0. The number of hydrogen-bond acceptors (Lipinski definition) is 3. The van der Waals surface area contributed by atoms with E-state index < -0.39 is 11.9 Å². The fourth-order valence-electron chi connectivity index (χ4n) is 4.61. The number of anilines is 2. The first-order chi connectivity index (χ1) is 18.3. The number of aromatic carboxylic acids is 1. The number of benzene rings is 4. The Balaban J connectivity index is 1.55. The molecule has 4 rings (SSSR count). The molecule has 0 saturated heterocycles. The zero-order valence-electron chi connectivity index (χ0n) is 21.5. The molecule has 0 heterocycles. The standard InChI is InChI=1S/C32H31FN2O3/c1-34(21-9-10-23-15-17-26(33)18-16-23)27-19-20-29(28(22-27)32(37)38)35(2)31(36)30(24-11-5-3-6-12-24)25-13-7-4-8-14-25/h3-8,11-20,22,30H,9-10,21H2,1-2H3,(H,37,38). The number of likely N-dealkylation sites (N-methyl/N-ethyl adjacent to an activating group) is 1. The molecule has 0 bridgehead atoms. The monoisotopic (exact) mass is 510 g/mol. The van der Waals surface area contributed by atoms with E-state index in [1.807, 2.05) is 78.7 Å². The van der Waals surface area contributed by atoms with Gasteiger partial charge in [0.1, 0.15) is 5.82 Å². The summed E-state index contributed by atoms with van der Waals surface area (Å²) in [5.74, 6) is -2.14. The fraction of sp³-hybridized carbons (Fsp3) is 0.188. The lowest BCUT2D eigenvalue weighted by Gasteiger charge is -2.27. The number of carboxylic acids is 1. The molecule has 0 aromatic heterocycles. The van der Waals surface area contributed by atoms with Crippen molar-refractivity contribution in [1.29, 1.82) is 0 Å². The van der Waals surface area contributed by atoms with Crippen LogP contribution in [0.25, 0.3) is 0 Å². The van der Waals surface area contributed by atoms with E-state index in [-0.39, 0.29) is 17.3 Å². The third kappa shape index (κ3) is 6.27. The highest BCUT2D eigenvalue weighted by Gasteiger charge is 2.28. The van der Waals surface area contributed by atoms with Crippen LogP contribution in [0.4, 0.5) is 15.8 Å². The lowest BCUT2D eigenvalue weighted by atomic mass is 9.90. The van der Waals surface area contributed by atoms with E-state index in [2.05, 4.69) is 0 Å². The fourth-order valence-corrected chi connectivity index (χ4v) is 4.61. The molecule has 194 valence electrons. The van der Waals surface area contributed by atoms with Crippen molar-refractivity contribution < 1.29 is 19.1 Å². The lowest BCUT2D eigenvalue weighted by molar-refractivity contribution is -0.118. The van der Waals surface area contributed by atoms with Crippen molar-refractivity contribution in [1.82, 2.24) is 0 Å². The quantitative estimate of drug-likeness (QED) is 0.269. The molecule has 0 fully saturated rings. The van der Waals surface area contributed by atoms with Gasteiger partial charge in [-0.25, -0.2) is 9.18 Å². The van der Waals surface area contributed by atoms with Gasteiger partial charge in [-0.05, 0) is 59.9 Å². The summed E-state index contributed by atoms with van der Waals surface area (Å²) < 4.78 is 13.1. The molecule has 0 atom stereocenters. The smallest absolute Gasteiger partial charge is 0.337 e. The Kier molecular flexibility index (Phi) is 8.54. The van der Waals surface area contributed by atoms with E-state index in [0.29, 0.717) is 12.2 Å². The topological polar surface area (TPSA) is 60.9 Å². The average molecular weight is 511 g/mol. The van der Waals surface area contributed by atoms with E-state index in [9.17, 15) is 19.1 Å². The third-order valence-corrected chi connectivity index (χ3v) is 6.73. The molecule has 0 unspecified atom stereocenters. The van der Waals surface area contributed by atoms with Gasteiger partial charge < -0.3 is 14.9 Å². The zero-order valence-corrected chi connectivity index (χ0v) is 21.5. The van der Waals surface area contributed by atoms with E-state index in [1.165, 1.54) is 17.0 Å². The molecule has 0 aliphatic heterocycles. The highest BCUT2D eigenvalue weighted by atomic mass is 19.1. The Bertz CT molecular complexity index is 1340. The second kappa shape index (κ2) is 12.2. The number of carboxylic acid groups (broad SMARTS) is 1. The molecule has 0 saturated carbocycles. The predicted molar refractivity (Wildman–Crippen MR) is 150 cm³/mol. The summed E-state index contributed by atoms with van der Waals surface area (Å²) in [5, 5.41) is 10.0. The summed E-state index contributed by atoms with van der Waals surface area (Å²) in [6.07, 6.45) is 1.60. The van der Waals surface area contributed by atoms with Crippen molar-refractivity contribution in [3.05, 3.63) is 131 Å². The van der Waals surface area contributed by atoms with Crippen LogP contribution in [0.2, 0.25) is 0 Å². The second-order valence-corrected chi connectivity index (χ2v) is 9.31. The van der Waals surface area contributed by atoms with Crippen molar-refractivity contribution in [2.24, 2.45) is 0 Å². The normalized spacial score (nSPS) is 10.8. The highest BCUT2D eigenvalue weighted by Crippen LogP contribution is 2.31. The van der Waals surface area contributed by atoms with Crippen LogP contribution in [0.1, 0.15) is 39.4 Å². The summed E-state index contributed by atoms with van der Waals surface area (Å²) in [7, 11) is 3.52. The minimum Gasteiger partial charge on any atom is -0.478 e. The van der Waals surface area contributed by atoms with Crippen LogP contribution in [-0.4, -0.2) is 37.6 Å². The Hall–Kier alpha value is -4.45. The molecule has 1 N–H and O–H groups in total. The first-order valence-corrected chi connectivity index (χ1v) is 12.6. The molecule has 5 nitrogen and oxygen atoms in total. The molecule has 38 heavy (non-hydrogen) atoms. The van der Waals surface area contributed by atoms with Gasteiger partial charge in [0.2, 0.25) is 5.91 Å². The van der Waals surface area contributed by atoms with Crippen LogP contribution in [0, 0.1) is 5.82 Å². The SMILES string of the molecule is CN(CCCc1ccc(F)cc1)c1ccc(N(C)C(=O)C(c2ccccc2)c2ccccc2)c(C(=O)O)c1. The van der Waals surface area contributed by atoms with Crippen molar-refractivity contribution in [2.75, 3.05) is 30.4 Å². The number of nitrogens with zero attached hydrogens (tertiary/aromatic N) is 2. The minimum absolute atomic E-state index is 0.0589. The second-order valence-electron chi connectivity index (χ2n) is 9.31. The van der Waals surface area contributed by atoms with Gasteiger partial charge >= 0.3 is 5.97 Å². The maximum atomic E-state index is 13.8. The number of carbonyl (C=O) groups is 2. The Morgan fingerprint density at radius 3 is 1.95 bits per heavy atom. The predicted octanol–water partition coefficient (Wildman–Crippen LogP) is 6.39. The van der Waals surface area contributed by atoms with Gasteiger partial charge in [-0.1, -0.05) is 72.8 Å². The van der Waals surface area contributed by atoms with Crippen LogP contribution in [0.15, 0.2) is 103 Å². The minimum atomic E-state index is -1.10. The van der Waals surface area contributed by atoms with Gasteiger partial charge in [0.05, 0.1) is 17.2 Å².